The van der Waals surface area contributed by atoms with E-state index in [1.165, 1.54) is 19.2 Å². The summed E-state index contributed by atoms with van der Waals surface area (Å²) in [5.74, 6) is -0.242. The molecule has 0 fully saturated rings. The van der Waals surface area contributed by atoms with Gasteiger partial charge in [0.15, 0.2) is 0 Å². The topological polar surface area (TPSA) is 72.5 Å². The standard InChI is InChI=1S/C12H16ClNO4S/c1-7(2)12(15)14-9-6-10(18-4)11(5-8(9)3)19(13,16)17/h5-7H,1-4H3,(H,14,15). The molecule has 0 unspecified atom stereocenters. The highest BCUT2D eigenvalue weighted by molar-refractivity contribution is 8.13. The van der Waals surface area contributed by atoms with Crippen LogP contribution in [0.1, 0.15) is 19.4 Å². The molecule has 0 aromatic heterocycles. The molecule has 0 saturated carbocycles. The van der Waals surface area contributed by atoms with Crippen LogP contribution in [0.3, 0.4) is 0 Å². The van der Waals surface area contributed by atoms with Crippen LogP contribution in [0.4, 0.5) is 5.69 Å². The number of halogens is 1. The first-order valence-corrected chi connectivity index (χ1v) is 7.92. The number of hydrogen-bond acceptors (Lipinski definition) is 4. The summed E-state index contributed by atoms with van der Waals surface area (Å²) in [5.41, 5.74) is 1.09. The second-order valence-electron chi connectivity index (χ2n) is 4.40. The summed E-state index contributed by atoms with van der Waals surface area (Å²) in [6.45, 7) is 5.21. The molecule has 0 aliphatic carbocycles. The minimum Gasteiger partial charge on any atom is -0.495 e. The molecule has 0 aliphatic rings. The van der Waals surface area contributed by atoms with Crippen LogP contribution in [-0.4, -0.2) is 21.4 Å². The Morgan fingerprint density at radius 1 is 1.37 bits per heavy atom. The number of methoxy groups -OCH3 is 1. The van der Waals surface area contributed by atoms with Gasteiger partial charge in [-0.1, -0.05) is 13.8 Å². The Kier molecular flexibility index (Phi) is 4.81. The summed E-state index contributed by atoms with van der Waals surface area (Å²) < 4.78 is 27.8. The van der Waals surface area contributed by atoms with Crippen LogP contribution in [0.5, 0.6) is 5.75 Å². The van der Waals surface area contributed by atoms with Crippen molar-refractivity contribution in [1.29, 1.82) is 0 Å². The van der Waals surface area contributed by atoms with E-state index >= 15 is 0 Å². The molecule has 1 N–H and O–H groups in total. The molecule has 106 valence electrons. The van der Waals surface area contributed by atoms with Crippen molar-refractivity contribution >= 4 is 31.3 Å². The van der Waals surface area contributed by atoms with Crippen molar-refractivity contribution in [2.45, 2.75) is 25.7 Å². The molecule has 0 aliphatic heterocycles. The zero-order valence-corrected chi connectivity index (χ0v) is 12.7. The van der Waals surface area contributed by atoms with Crippen LogP contribution in [0, 0.1) is 12.8 Å². The minimum atomic E-state index is -3.90. The van der Waals surface area contributed by atoms with E-state index in [2.05, 4.69) is 5.32 Å². The number of rotatable bonds is 4. The lowest BCUT2D eigenvalue weighted by Gasteiger charge is -2.14. The van der Waals surface area contributed by atoms with Gasteiger partial charge in [-0.25, -0.2) is 8.42 Å². The molecule has 19 heavy (non-hydrogen) atoms. The molecule has 0 atom stereocenters. The zero-order chi connectivity index (χ0) is 14.8. The highest BCUT2D eigenvalue weighted by Gasteiger charge is 2.19. The van der Waals surface area contributed by atoms with Crippen molar-refractivity contribution in [3.05, 3.63) is 17.7 Å². The van der Waals surface area contributed by atoms with E-state index in [0.717, 1.165) is 0 Å². The number of carbonyl (C=O) groups is 1. The number of nitrogens with one attached hydrogen (secondary N) is 1. The second-order valence-corrected chi connectivity index (χ2v) is 6.93. The quantitative estimate of drug-likeness (QED) is 0.868. The van der Waals surface area contributed by atoms with Crippen LogP contribution < -0.4 is 10.1 Å². The molecular formula is C12H16ClNO4S. The Bertz CT molecular complexity index is 596. The van der Waals surface area contributed by atoms with Gasteiger partial charge in [-0.05, 0) is 18.6 Å². The molecule has 1 aromatic carbocycles. The van der Waals surface area contributed by atoms with Gasteiger partial charge in [0.1, 0.15) is 10.6 Å². The molecule has 0 saturated heterocycles. The third kappa shape index (κ3) is 3.84. The number of ether oxygens (including phenoxy) is 1. The molecule has 1 rings (SSSR count). The number of anilines is 1. The fraction of sp³-hybridized carbons (Fsp3) is 0.417. The molecule has 5 nitrogen and oxygen atoms in total. The van der Waals surface area contributed by atoms with Crippen molar-refractivity contribution < 1.29 is 17.9 Å². The zero-order valence-electron chi connectivity index (χ0n) is 11.2. The van der Waals surface area contributed by atoms with Crippen molar-refractivity contribution in [3.63, 3.8) is 0 Å². The smallest absolute Gasteiger partial charge is 0.264 e. The van der Waals surface area contributed by atoms with E-state index in [1.54, 1.807) is 20.8 Å². The number of carbonyl (C=O) groups excluding carboxylic acids is 1. The van der Waals surface area contributed by atoms with Gasteiger partial charge in [0, 0.05) is 28.4 Å². The summed E-state index contributed by atoms with van der Waals surface area (Å²) in [6, 6.07) is 2.82. The molecule has 0 spiro atoms. The second kappa shape index (κ2) is 5.79. The van der Waals surface area contributed by atoms with E-state index in [0.29, 0.717) is 11.3 Å². The Balaban J connectivity index is 3.28. The third-order valence-electron chi connectivity index (χ3n) is 2.56. The summed E-state index contributed by atoms with van der Waals surface area (Å²) in [7, 11) is 2.77. The SMILES string of the molecule is COc1cc(NC(=O)C(C)C)c(C)cc1S(=O)(=O)Cl. The predicted octanol–water partition coefficient (Wildman–Crippen LogP) is 2.53. The number of aryl methyl sites for hydroxylation is 1. The molecule has 7 heteroatoms. The van der Waals surface area contributed by atoms with Crippen LogP contribution in [-0.2, 0) is 13.8 Å². The Hall–Kier alpha value is -1.27. The van der Waals surface area contributed by atoms with Crippen molar-refractivity contribution in [2.24, 2.45) is 5.92 Å². The minimum absolute atomic E-state index is 0.0969. The Morgan fingerprint density at radius 3 is 2.37 bits per heavy atom. The maximum Gasteiger partial charge on any atom is 0.264 e. The first-order valence-electron chi connectivity index (χ1n) is 5.61. The Morgan fingerprint density at radius 2 is 1.95 bits per heavy atom. The van der Waals surface area contributed by atoms with Crippen LogP contribution in [0.15, 0.2) is 17.0 Å². The van der Waals surface area contributed by atoms with Crippen LogP contribution in [0.25, 0.3) is 0 Å². The largest absolute Gasteiger partial charge is 0.495 e. The molecule has 0 heterocycles. The number of benzene rings is 1. The Labute approximate surface area is 117 Å². The van der Waals surface area contributed by atoms with E-state index < -0.39 is 9.05 Å². The van der Waals surface area contributed by atoms with Gasteiger partial charge in [-0.15, -0.1) is 0 Å². The summed E-state index contributed by atoms with van der Waals surface area (Å²) in [4.78, 5) is 11.5. The molecule has 1 amide bonds. The van der Waals surface area contributed by atoms with Gasteiger partial charge in [0.2, 0.25) is 5.91 Å². The highest BCUT2D eigenvalue weighted by atomic mass is 35.7. The fourth-order valence-corrected chi connectivity index (χ4v) is 2.49. The van der Waals surface area contributed by atoms with Gasteiger partial charge in [0.25, 0.3) is 9.05 Å². The van der Waals surface area contributed by atoms with E-state index in [9.17, 15) is 13.2 Å². The first-order chi connectivity index (χ1) is 8.66. The van der Waals surface area contributed by atoms with Gasteiger partial charge in [0.05, 0.1) is 7.11 Å². The van der Waals surface area contributed by atoms with Gasteiger partial charge < -0.3 is 10.1 Å². The molecule has 1 aromatic rings. The highest BCUT2D eigenvalue weighted by Crippen LogP contribution is 2.32. The molecule has 0 bridgehead atoms. The third-order valence-corrected chi connectivity index (χ3v) is 3.90. The average molecular weight is 306 g/mol. The lowest BCUT2D eigenvalue weighted by molar-refractivity contribution is -0.118. The summed E-state index contributed by atoms with van der Waals surface area (Å²) in [6.07, 6.45) is 0. The van der Waals surface area contributed by atoms with Crippen LogP contribution in [0.2, 0.25) is 0 Å². The maximum absolute atomic E-state index is 11.6. The lowest BCUT2D eigenvalue weighted by Crippen LogP contribution is -2.18. The first kappa shape index (κ1) is 15.8. The fourth-order valence-electron chi connectivity index (χ4n) is 1.42. The molecular weight excluding hydrogens is 290 g/mol. The predicted molar refractivity (Wildman–Crippen MR) is 74.2 cm³/mol. The summed E-state index contributed by atoms with van der Waals surface area (Å²) in [5, 5.41) is 2.71. The van der Waals surface area contributed by atoms with E-state index in [-0.39, 0.29) is 22.5 Å². The maximum atomic E-state index is 11.6. The van der Waals surface area contributed by atoms with Crippen molar-refractivity contribution in [3.8, 4) is 5.75 Å². The summed E-state index contributed by atoms with van der Waals surface area (Å²) >= 11 is 0. The van der Waals surface area contributed by atoms with Crippen molar-refractivity contribution in [1.82, 2.24) is 0 Å². The monoisotopic (exact) mass is 305 g/mol. The van der Waals surface area contributed by atoms with E-state index in [1.807, 2.05) is 0 Å². The van der Waals surface area contributed by atoms with Crippen molar-refractivity contribution in [2.75, 3.05) is 12.4 Å². The van der Waals surface area contributed by atoms with Gasteiger partial charge in [-0.2, -0.15) is 0 Å². The normalized spacial score (nSPS) is 11.5. The van der Waals surface area contributed by atoms with Crippen LogP contribution >= 0.6 is 10.7 Å². The molecule has 0 radical (unpaired) electrons. The van der Waals surface area contributed by atoms with E-state index in [4.69, 9.17) is 15.4 Å². The number of amides is 1. The number of hydrogen-bond donors (Lipinski definition) is 1. The van der Waals surface area contributed by atoms with Gasteiger partial charge >= 0.3 is 0 Å². The average Bonchev–Trinajstić information content (AvgIpc) is 2.29. The van der Waals surface area contributed by atoms with Gasteiger partial charge in [-0.3, -0.25) is 4.79 Å². The lowest BCUT2D eigenvalue weighted by atomic mass is 10.1.